The number of hydrogen-bond donors (Lipinski definition) is 1. The standard InChI is InChI=1S/C8H12N2O2S/c1-5(2)13-8-9-4-6(7(11)12)10(8)3/h4-5H,1-3H3,(H,11,12). The summed E-state index contributed by atoms with van der Waals surface area (Å²) in [5.41, 5.74) is 0.225. The largest absolute Gasteiger partial charge is 0.477 e. The third kappa shape index (κ3) is 2.24. The maximum absolute atomic E-state index is 10.7. The first-order valence-electron chi connectivity index (χ1n) is 3.94. The number of aromatic nitrogens is 2. The topological polar surface area (TPSA) is 55.1 Å². The van der Waals surface area contributed by atoms with Crippen molar-refractivity contribution in [2.75, 3.05) is 0 Å². The maximum Gasteiger partial charge on any atom is 0.354 e. The van der Waals surface area contributed by atoms with Gasteiger partial charge in [0.2, 0.25) is 0 Å². The number of imidazole rings is 1. The Kier molecular flexibility index (Phi) is 2.98. The van der Waals surface area contributed by atoms with Gasteiger partial charge in [-0.25, -0.2) is 9.78 Å². The number of carboxylic acids is 1. The smallest absolute Gasteiger partial charge is 0.354 e. The molecular formula is C8H12N2O2S. The van der Waals surface area contributed by atoms with Gasteiger partial charge in [-0.1, -0.05) is 25.6 Å². The monoisotopic (exact) mass is 200 g/mol. The average molecular weight is 200 g/mol. The van der Waals surface area contributed by atoms with E-state index < -0.39 is 5.97 Å². The van der Waals surface area contributed by atoms with Crippen LogP contribution in [-0.4, -0.2) is 25.9 Å². The summed E-state index contributed by atoms with van der Waals surface area (Å²) in [6, 6.07) is 0. The van der Waals surface area contributed by atoms with Crippen LogP contribution in [0.1, 0.15) is 24.3 Å². The summed E-state index contributed by atoms with van der Waals surface area (Å²) in [5, 5.41) is 9.89. The van der Waals surface area contributed by atoms with Crippen molar-refractivity contribution in [3.05, 3.63) is 11.9 Å². The molecule has 0 saturated carbocycles. The molecular weight excluding hydrogens is 188 g/mol. The molecule has 1 N–H and O–H groups in total. The van der Waals surface area contributed by atoms with E-state index in [2.05, 4.69) is 4.98 Å². The third-order valence-corrected chi connectivity index (χ3v) is 2.57. The number of thioether (sulfide) groups is 1. The second-order valence-corrected chi connectivity index (χ2v) is 4.50. The predicted octanol–water partition coefficient (Wildman–Crippen LogP) is 1.62. The first-order chi connectivity index (χ1) is 6.02. The van der Waals surface area contributed by atoms with Crippen LogP contribution in [-0.2, 0) is 7.05 Å². The zero-order chi connectivity index (χ0) is 10.0. The van der Waals surface area contributed by atoms with E-state index in [4.69, 9.17) is 5.11 Å². The van der Waals surface area contributed by atoms with Crippen LogP contribution in [0.25, 0.3) is 0 Å². The Labute approximate surface area is 81.0 Å². The minimum absolute atomic E-state index is 0.225. The van der Waals surface area contributed by atoms with E-state index in [9.17, 15) is 4.79 Å². The van der Waals surface area contributed by atoms with E-state index in [1.165, 1.54) is 6.20 Å². The van der Waals surface area contributed by atoms with Crippen molar-refractivity contribution in [1.82, 2.24) is 9.55 Å². The number of rotatable bonds is 3. The highest BCUT2D eigenvalue weighted by Gasteiger charge is 2.13. The molecule has 0 fully saturated rings. The molecule has 0 atom stereocenters. The summed E-state index contributed by atoms with van der Waals surface area (Å²) in [7, 11) is 1.71. The molecule has 0 amide bonds. The molecule has 4 nitrogen and oxygen atoms in total. The molecule has 1 aromatic rings. The molecule has 0 aromatic carbocycles. The molecule has 0 bridgehead atoms. The lowest BCUT2D eigenvalue weighted by atomic mass is 10.5. The van der Waals surface area contributed by atoms with Gasteiger partial charge in [-0.3, -0.25) is 0 Å². The minimum atomic E-state index is -0.939. The zero-order valence-electron chi connectivity index (χ0n) is 7.81. The fourth-order valence-corrected chi connectivity index (χ4v) is 1.70. The lowest BCUT2D eigenvalue weighted by Crippen LogP contribution is -2.05. The van der Waals surface area contributed by atoms with Gasteiger partial charge >= 0.3 is 5.97 Å². The predicted molar refractivity (Wildman–Crippen MR) is 51.2 cm³/mol. The normalized spacial score (nSPS) is 10.8. The Hall–Kier alpha value is -0.970. The second kappa shape index (κ2) is 3.83. The molecule has 0 aliphatic heterocycles. The van der Waals surface area contributed by atoms with Gasteiger partial charge in [0, 0.05) is 12.3 Å². The van der Waals surface area contributed by atoms with Gasteiger partial charge in [-0.2, -0.15) is 0 Å². The highest BCUT2D eigenvalue weighted by molar-refractivity contribution is 7.99. The molecule has 72 valence electrons. The summed E-state index contributed by atoms with van der Waals surface area (Å²) in [5.74, 6) is -0.939. The third-order valence-electron chi connectivity index (χ3n) is 1.51. The summed E-state index contributed by atoms with van der Waals surface area (Å²) in [6.45, 7) is 4.08. The molecule has 0 aliphatic carbocycles. The Balaban J connectivity index is 2.93. The molecule has 0 unspecified atom stereocenters. The van der Waals surface area contributed by atoms with Crippen molar-refractivity contribution < 1.29 is 9.90 Å². The van der Waals surface area contributed by atoms with Crippen molar-refractivity contribution >= 4 is 17.7 Å². The molecule has 0 spiro atoms. The molecule has 0 aliphatic rings. The highest BCUT2D eigenvalue weighted by atomic mass is 32.2. The van der Waals surface area contributed by atoms with Crippen molar-refractivity contribution in [2.24, 2.45) is 7.05 Å². The SMILES string of the molecule is CC(C)Sc1ncc(C(=O)O)n1C. The van der Waals surface area contributed by atoms with Gasteiger partial charge in [0.1, 0.15) is 5.69 Å². The van der Waals surface area contributed by atoms with Gasteiger partial charge in [0.15, 0.2) is 5.16 Å². The fraction of sp³-hybridized carbons (Fsp3) is 0.500. The van der Waals surface area contributed by atoms with E-state index >= 15 is 0 Å². The Morgan fingerprint density at radius 2 is 2.31 bits per heavy atom. The summed E-state index contributed by atoms with van der Waals surface area (Å²) >= 11 is 1.55. The van der Waals surface area contributed by atoms with Crippen LogP contribution >= 0.6 is 11.8 Å². The first-order valence-corrected chi connectivity index (χ1v) is 4.82. The first kappa shape index (κ1) is 10.1. The van der Waals surface area contributed by atoms with Gasteiger partial charge in [-0.15, -0.1) is 0 Å². The van der Waals surface area contributed by atoms with Crippen LogP contribution < -0.4 is 0 Å². The molecule has 0 radical (unpaired) electrons. The van der Waals surface area contributed by atoms with Gasteiger partial charge < -0.3 is 9.67 Å². The van der Waals surface area contributed by atoms with Crippen LogP contribution in [0.15, 0.2) is 11.4 Å². The van der Waals surface area contributed by atoms with E-state index in [0.29, 0.717) is 5.25 Å². The number of aromatic carboxylic acids is 1. The van der Waals surface area contributed by atoms with Crippen LogP contribution in [0.3, 0.4) is 0 Å². The Morgan fingerprint density at radius 3 is 2.69 bits per heavy atom. The average Bonchev–Trinajstić information content (AvgIpc) is 2.32. The molecule has 5 heteroatoms. The number of nitrogens with zero attached hydrogens (tertiary/aromatic N) is 2. The lowest BCUT2D eigenvalue weighted by Gasteiger charge is -2.04. The molecule has 0 saturated heterocycles. The van der Waals surface area contributed by atoms with Crippen molar-refractivity contribution in [2.45, 2.75) is 24.3 Å². The molecule has 1 rings (SSSR count). The lowest BCUT2D eigenvalue weighted by molar-refractivity contribution is 0.0685. The Bertz CT molecular complexity index is 320. The van der Waals surface area contributed by atoms with Crippen molar-refractivity contribution in [3.63, 3.8) is 0 Å². The van der Waals surface area contributed by atoms with Crippen molar-refractivity contribution in [3.8, 4) is 0 Å². The maximum atomic E-state index is 10.7. The van der Waals surface area contributed by atoms with Crippen LogP contribution in [0, 0.1) is 0 Å². The van der Waals surface area contributed by atoms with Crippen LogP contribution in [0.4, 0.5) is 0 Å². The van der Waals surface area contributed by atoms with Crippen molar-refractivity contribution in [1.29, 1.82) is 0 Å². The summed E-state index contributed by atoms with van der Waals surface area (Å²) < 4.78 is 1.59. The van der Waals surface area contributed by atoms with Gasteiger partial charge in [-0.05, 0) is 0 Å². The minimum Gasteiger partial charge on any atom is -0.477 e. The number of hydrogen-bond acceptors (Lipinski definition) is 3. The van der Waals surface area contributed by atoms with Gasteiger partial charge in [0.05, 0.1) is 6.20 Å². The fourth-order valence-electron chi connectivity index (χ4n) is 0.912. The second-order valence-electron chi connectivity index (χ2n) is 2.96. The Morgan fingerprint density at radius 1 is 1.69 bits per heavy atom. The number of carboxylic acid groups (broad SMARTS) is 1. The highest BCUT2D eigenvalue weighted by Crippen LogP contribution is 2.21. The summed E-state index contributed by atoms with van der Waals surface area (Å²) in [6.07, 6.45) is 1.38. The van der Waals surface area contributed by atoms with E-state index in [1.54, 1.807) is 23.4 Å². The van der Waals surface area contributed by atoms with Crippen LogP contribution in [0.5, 0.6) is 0 Å². The van der Waals surface area contributed by atoms with Crippen LogP contribution in [0.2, 0.25) is 0 Å². The molecule has 1 heterocycles. The van der Waals surface area contributed by atoms with E-state index in [1.807, 2.05) is 13.8 Å². The molecule has 13 heavy (non-hydrogen) atoms. The quantitative estimate of drug-likeness (QED) is 0.753. The number of carbonyl (C=O) groups is 1. The van der Waals surface area contributed by atoms with Gasteiger partial charge in [0.25, 0.3) is 0 Å². The molecule has 1 aromatic heterocycles. The van der Waals surface area contributed by atoms with E-state index in [-0.39, 0.29) is 5.69 Å². The zero-order valence-corrected chi connectivity index (χ0v) is 8.63. The summed E-state index contributed by atoms with van der Waals surface area (Å²) in [4.78, 5) is 14.7. The van der Waals surface area contributed by atoms with E-state index in [0.717, 1.165) is 5.16 Å².